The molecule has 1 rings (SSSR count). The maximum atomic E-state index is 5.19. The van der Waals surface area contributed by atoms with Crippen LogP contribution in [0.3, 0.4) is 0 Å². The quantitative estimate of drug-likeness (QED) is 0.578. The number of terminal acetylenes is 1. The highest BCUT2D eigenvalue weighted by atomic mass is 15.1. The average molecular weight is 216 g/mol. The van der Waals surface area contributed by atoms with Gasteiger partial charge in [0.05, 0.1) is 6.54 Å². The van der Waals surface area contributed by atoms with E-state index in [0.29, 0.717) is 6.54 Å². The molecule has 0 aliphatic carbocycles. The molecular weight excluding hydrogens is 196 g/mol. The van der Waals surface area contributed by atoms with Crippen LogP contribution in [0.15, 0.2) is 24.3 Å². The topological polar surface area (TPSA) is 15.3 Å². The molecule has 0 unspecified atom stereocenters. The van der Waals surface area contributed by atoms with Crippen LogP contribution in [0, 0.1) is 19.3 Å². The molecule has 1 aromatic carbocycles. The molecule has 2 nitrogen and oxygen atoms in total. The summed E-state index contributed by atoms with van der Waals surface area (Å²) in [5, 5.41) is 3.21. The predicted octanol–water partition coefficient (Wildman–Crippen LogP) is 2.04. The Morgan fingerprint density at radius 1 is 1.38 bits per heavy atom. The van der Waals surface area contributed by atoms with Crippen molar-refractivity contribution in [3.8, 4) is 12.3 Å². The van der Waals surface area contributed by atoms with Crippen LogP contribution < -0.4 is 10.2 Å². The third-order valence-electron chi connectivity index (χ3n) is 2.62. The van der Waals surface area contributed by atoms with Gasteiger partial charge in [0.25, 0.3) is 0 Å². The Kier molecular flexibility index (Phi) is 5.45. The number of likely N-dealkylation sites (N-methyl/N-ethyl adjacent to an activating group) is 1. The normalized spacial score (nSPS) is 9.81. The first kappa shape index (κ1) is 12.6. The van der Waals surface area contributed by atoms with Gasteiger partial charge in [-0.05, 0) is 25.5 Å². The van der Waals surface area contributed by atoms with Crippen molar-refractivity contribution in [2.45, 2.75) is 13.8 Å². The molecule has 2 heteroatoms. The maximum absolute atomic E-state index is 5.19. The minimum atomic E-state index is 0.644. The van der Waals surface area contributed by atoms with Gasteiger partial charge in [-0.25, -0.2) is 0 Å². The number of benzene rings is 1. The average Bonchev–Trinajstić information content (AvgIpc) is 2.31. The summed E-state index contributed by atoms with van der Waals surface area (Å²) in [5.41, 5.74) is 2.63. The second kappa shape index (κ2) is 6.92. The fourth-order valence-electron chi connectivity index (χ4n) is 1.74. The molecule has 0 saturated heterocycles. The fourth-order valence-corrected chi connectivity index (χ4v) is 1.74. The lowest BCUT2D eigenvalue weighted by atomic mass is 10.2. The van der Waals surface area contributed by atoms with Crippen LogP contribution in [-0.2, 0) is 0 Å². The van der Waals surface area contributed by atoms with Crippen molar-refractivity contribution in [2.75, 3.05) is 31.1 Å². The van der Waals surface area contributed by atoms with Crippen molar-refractivity contribution in [1.29, 1.82) is 0 Å². The molecule has 86 valence electrons. The molecule has 0 aliphatic rings. The van der Waals surface area contributed by atoms with E-state index in [4.69, 9.17) is 6.42 Å². The van der Waals surface area contributed by atoms with Crippen molar-refractivity contribution in [2.24, 2.45) is 0 Å². The molecule has 0 amide bonds. The Morgan fingerprint density at radius 3 is 2.75 bits per heavy atom. The van der Waals surface area contributed by atoms with Crippen molar-refractivity contribution in [3.05, 3.63) is 29.8 Å². The third-order valence-corrected chi connectivity index (χ3v) is 2.62. The van der Waals surface area contributed by atoms with Crippen LogP contribution >= 0.6 is 0 Å². The lowest BCUT2D eigenvalue weighted by Gasteiger charge is -2.24. The summed E-state index contributed by atoms with van der Waals surface area (Å²) in [7, 11) is 0. The van der Waals surface area contributed by atoms with Gasteiger partial charge in [0.1, 0.15) is 0 Å². The summed E-state index contributed by atoms with van der Waals surface area (Å²) in [6.45, 7) is 7.89. The zero-order valence-electron chi connectivity index (χ0n) is 10.2. The van der Waals surface area contributed by atoms with Gasteiger partial charge in [-0.2, -0.15) is 0 Å². The molecule has 1 aromatic rings. The lowest BCUT2D eigenvalue weighted by Crippen LogP contribution is -2.32. The van der Waals surface area contributed by atoms with E-state index in [1.165, 1.54) is 11.3 Å². The first-order valence-electron chi connectivity index (χ1n) is 5.74. The van der Waals surface area contributed by atoms with E-state index in [1.807, 2.05) is 0 Å². The SMILES string of the molecule is C#CCNCCN(CC)c1ccccc1C. The first-order valence-corrected chi connectivity index (χ1v) is 5.74. The monoisotopic (exact) mass is 216 g/mol. The van der Waals surface area contributed by atoms with Crippen LogP contribution in [0.2, 0.25) is 0 Å². The third kappa shape index (κ3) is 3.60. The van der Waals surface area contributed by atoms with Crippen molar-refractivity contribution >= 4 is 5.69 Å². The lowest BCUT2D eigenvalue weighted by molar-refractivity contribution is 0.712. The van der Waals surface area contributed by atoms with Crippen LogP contribution in [0.1, 0.15) is 12.5 Å². The highest BCUT2D eigenvalue weighted by Crippen LogP contribution is 2.18. The fraction of sp³-hybridized carbons (Fsp3) is 0.429. The Balaban J connectivity index is 2.55. The number of anilines is 1. The molecule has 0 radical (unpaired) electrons. The molecule has 0 fully saturated rings. The molecule has 0 atom stereocenters. The van der Waals surface area contributed by atoms with E-state index >= 15 is 0 Å². The van der Waals surface area contributed by atoms with E-state index < -0.39 is 0 Å². The van der Waals surface area contributed by atoms with Gasteiger partial charge in [0.15, 0.2) is 0 Å². The number of hydrogen-bond acceptors (Lipinski definition) is 2. The standard InChI is InChI=1S/C14H20N2/c1-4-10-15-11-12-16(5-2)14-9-7-6-8-13(14)3/h1,6-9,15H,5,10-12H2,2-3H3. The van der Waals surface area contributed by atoms with Gasteiger partial charge in [0, 0.05) is 25.3 Å². The maximum Gasteiger partial charge on any atom is 0.0574 e. The van der Waals surface area contributed by atoms with E-state index in [1.54, 1.807) is 0 Å². The van der Waals surface area contributed by atoms with Crippen LogP contribution in [-0.4, -0.2) is 26.2 Å². The molecule has 0 aliphatic heterocycles. The number of nitrogens with zero attached hydrogens (tertiary/aromatic N) is 1. The summed E-state index contributed by atoms with van der Waals surface area (Å²) in [6, 6.07) is 8.47. The molecule has 0 heterocycles. The molecule has 16 heavy (non-hydrogen) atoms. The van der Waals surface area contributed by atoms with E-state index in [0.717, 1.165) is 19.6 Å². The molecule has 1 N–H and O–H groups in total. The zero-order chi connectivity index (χ0) is 11.8. The summed E-state index contributed by atoms with van der Waals surface area (Å²) < 4.78 is 0. The first-order chi connectivity index (χ1) is 7.79. The highest BCUT2D eigenvalue weighted by Gasteiger charge is 2.05. The number of para-hydroxylation sites is 1. The van der Waals surface area contributed by atoms with E-state index in [-0.39, 0.29) is 0 Å². The van der Waals surface area contributed by atoms with Crippen LogP contribution in [0.4, 0.5) is 5.69 Å². The number of nitrogens with one attached hydrogen (secondary N) is 1. The second-order valence-corrected chi connectivity index (χ2v) is 3.75. The van der Waals surface area contributed by atoms with E-state index in [2.05, 4.69) is 54.3 Å². The minimum Gasteiger partial charge on any atom is -0.370 e. The molecule has 0 spiro atoms. The summed E-state index contributed by atoms with van der Waals surface area (Å²) in [4.78, 5) is 2.36. The number of rotatable bonds is 6. The molecular formula is C14H20N2. The van der Waals surface area contributed by atoms with Gasteiger partial charge in [-0.3, -0.25) is 0 Å². The minimum absolute atomic E-state index is 0.644. The number of hydrogen-bond donors (Lipinski definition) is 1. The van der Waals surface area contributed by atoms with Gasteiger partial charge in [-0.1, -0.05) is 24.1 Å². The van der Waals surface area contributed by atoms with Crippen molar-refractivity contribution in [3.63, 3.8) is 0 Å². The van der Waals surface area contributed by atoms with Crippen LogP contribution in [0.5, 0.6) is 0 Å². The Morgan fingerprint density at radius 2 is 2.12 bits per heavy atom. The van der Waals surface area contributed by atoms with Gasteiger partial charge in [-0.15, -0.1) is 6.42 Å². The summed E-state index contributed by atoms with van der Waals surface area (Å²) in [6.07, 6.45) is 5.19. The molecule has 0 saturated carbocycles. The summed E-state index contributed by atoms with van der Waals surface area (Å²) in [5.74, 6) is 2.58. The molecule has 0 bridgehead atoms. The number of aryl methyl sites for hydroxylation is 1. The largest absolute Gasteiger partial charge is 0.370 e. The van der Waals surface area contributed by atoms with Gasteiger partial charge in [0.2, 0.25) is 0 Å². The second-order valence-electron chi connectivity index (χ2n) is 3.75. The zero-order valence-corrected chi connectivity index (χ0v) is 10.2. The van der Waals surface area contributed by atoms with Gasteiger partial charge >= 0.3 is 0 Å². The van der Waals surface area contributed by atoms with Crippen LogP contribution in [0.25, 0.3) is 0 Å². The Hall–Kier alpha value is -1.46. The van der Waals surface area contributed by atoms with E-state index in [9.17, 15) is 0 Å². The summed E-state index contributed by atoms with van der Waals surface area (Å²) >= 11 is 0. The predicted molar refractivity (Wildman–Crippen MR) is 70.8 cm³/mol. The highest BCUT2D eigenvalue weighted by molar-refractivity contribution is 5.52. The Bertz CT molecular complexity index is 352. The smallest absolute Gasteiger partial charge is 0.0574 e. The van der Waals surface area contributed by atoms with Crippen molar-refractivity contribution < 1.29 is 0 Å². The Labute approximate surface area is 98.7 Å². The van der Waals surface area contributed by atoms with Crippen molar-refractivity contribution in [1.82, 2.24) is 5.32 Å². The molecule has 0 aromatic heterocycles. The van der Waals surface area contributed by atoms with Gasteiger partial charge < -0.3 is 10.2 Å².